The van der Waals surface area contributed by atoms with E-state index in [-0.39, 0.29) is 0 Å². The van der Waals surface area contributed by atoms with Gasteiger partial charge in [-0.25, -0.2) is 0 Å². The predicted molar refractivity (Wildman–Crippen MR) is 85.3 cm³/mol. The lowest BCUT2D eigenvalue weighted by Crippen LogP contribution is -1.78. The lowest BCUT2D eigenvalue weighted by molar-refractivity contribution is -0.135. The van der Waals surface area contributed by atoms with Crippen LogP contribution in [0.3, 0.4) is 0 Å². The van der Waals surface area contributed by atoms with Crippen LogP contribution in [-0.2, 0) is 14.4 Å². The number of carboxylic acids is 3. The molecule has 6 nitrogen and oxygen atoms in total. The summed E-state index contributed by atoms with van der Waals surface area (Å²) in [6, 6.07) is 0. The zero-order valence-electron chi connectivity index (χ0n) is 15.1. The van der Waals surface area contributed by atoms with Crippen LogP contribution in [-0.4, -0.2) is 33.2 Å². The Morgan fingerprint density at radius 2 is 0.450 bits per heavy atom. The summed E-state index contributed by atoms with van der Waals surface area (Å²) in [5, 5.41) is 22.2. The van der Waals surface area contributed by atoms with Crippen LogP contribution in [0.5, 0.6) is 0 Å². The van der Waals surface area contributed by atoms with E-state index in [1.165, 1.54) is 0 Å². The second-order valence-electron chi connectivity index (χ2n) is 1.56. The third-order valence-corrected chi connectivity index (χ3v) is 0. The van der Waals surface area contributed by atoms with Crippen LogP contribution >= 0.6 is 0 Å². The van der Waals surface area contributed by atoms with E-state index in [9.17, 15) is 0 Å². The summed E-state index contributed by atoms with van der Waals surface area (Å²) >= 11 is 0. The summed E-state index contributed by atoms with van der Waals surface area (Å²) in [4.78, 5) is 27.0. The second kappa shape index (κ2) is 85.4. The van der Waals surface area contributed by atoms with Crippen molar-refractivity contribution >= 4 is 17.9 Å². The molecule has 0 saturated carbocycles. The van der Waals surface area contributed by atoms with Crippen LogP contribution in [0, 0.1) is 0 Å². The normalized spacial score (nSPS) is 4.95. The molecule has 6 heteroatoms. The summed E-state index contributed by atoms with van der Waals surface area (Å²) in [5.41, 5.74) is 0. The molecule has 0 spiro atoms. The van der Waals surface area contributed by atoms with Gasteiger partial charge in [-0.2, -0.15) is 0 Å². The molecule has 0 heterocycles. The molecule has 0 unspecified atom stereocenters. The van der Waals surface area contributed by atoms with Gasteiger partial charge in [0.25, 0.3) is 17.9 Å². The second-order valence-corrected chi connectivity index (χ2v) is 1.56. The van der Waals surface area contributed by atoms with Gasteiger partial charge >= 0.3 is 0 Å². The summed E-state index contributed by atoms with van der Waals surface area (Å²) < 4.78 is 0. The highest BCUT2D eigenvalue weighted by Crippen LogP contribution is 1.42. The largest absolute Gasteiger partial charge is 0.481 e. The Labute approximate surface area is 124 Å². The van der Waals surface area contributed by atoms with Crippen molar-refractivity contribution in [3.05, 3.63) is 0 Å². The van der Waals surface area contributed by atoms with Gasteiger partial charge in [0.05, 0.1) is 0 Å². The van der Waals surface area contributed by atoms with Gasteiger partial charge in [-0.1, -0.05) is 55.4 Å². The van der Waals surface area contributed by atoms with E-state index in [1.54, 1.807) is 0 Å². The van der Waals surface area contributed by atoms with Gasteiger partial charge in [0.1, 0.15) is 0 Å². The van der Waals surface area contributed by atoms with E-state index in [0.29, 0.717) is 0 Å². The third-order valence-electron chi connectivity index (χ3n) is 0. The van der Waals surface area contributed by atoms with Crippen molar-refractivity contribution in [2.75, 3.05) is 0 Å². The summed E-state index contributed by atoms with van der Waals surface area (Å²) in [5.74, 6) is -2.50. The number of hydrogen-bond donors (Lipinski definition) is 3. The highest BCUT2D eigenvalue weighted by molar-refractivity contribution is 5.63. The van der Waals surface area contributed by atoms with Gasteiger partial charge in [-0.3, -0.25) is 14.4 Å². The van der Waals surface area contributed by atoms with Crippen LogP contribution < -0.4 is 0 Å². The Kier molecular flexibility index (Phi) is 183. The smallest absolute Gasteiger partial charge is 0.300 e. The molecule has 128 valence electrons. The Bertz CT molecular complexity index is 115. The molecule has 0 aliphatic carbocycles. The first kappa shape index (κ1) is 42.9. The molecule has 0 atom stereocenters. The Balaban J connectivity index is -0.0000000204. The molecule has 0 aliphatic heterocycles. The van der Waals surface area contributed by atoms with Crippen LogP contribution in [0.15, 0.2) is 0 Å². The van der Waals surface area contributed by atoms with E-state index in [0.717, 1.165) is 20.8 Å². The maximum Gasteiger partial charge on any atom is 0.300 e. The SMILES string of the molecule is CC.CC.CC.CC.CC(=O)O.CC(=O)O.CC(=O)O. The van der Waals surface area contributed by atoms with Gasteiger partial charge in [-0.05, 0) is 0 Å². The highest BCUT2D eigenvalue weighted by atomic mass is 16.4. The predicted octanol–water partition coefficient (Wildman–Crippen LogP) is 4.38. The zero-order valence-corrected chi connectivity index (χ0v) is 15.1. The average molecular weight is 300 g/mol. The molecule has 0 aliphatic rings. The molecular weight excluding hydrogens is 264 g/mol. The minimum absolute atomic E-state index is 0.833. The Morgan fingerprint density at radius 1 is 0.450 bits per heavy atom. The molecular formula is C14H36O6. The van der Waals surface area contributed by atoms with Gasteiger partial charge in [0, 0.05) is 20.8 Å². The number of rotatable bonds is 0. The fraction of sp³-hybridized carbons (Fsp3) is 0.786. The lowest BCUT2D eigenvalue weighted by Gasteiger charge is -1.59. The van der Waals surface area contributed by atoms with Crippen molar-refractivity contribution in [2.45, 2.75) is 76.2 Å². The molecule has 20 heavy (non-hydrogen) atoms. The lowest BCUT2D eigenvalue weighted by atomic mass is 10.9. The third kappa shape index (κ3) is 1540. The van der Waals surface area contributed by atoms with Gasteiger partial charge < -0.3 is 15.3 Å². The topological polar surface area (TPSA) is 112 Å². The Hall–Kier alpha value is -1.59. The molecule has 0 bridgehead atoms. The van der Waals surface area contributed by atoms with Crippen molar-refractivity contribution in [1.29, 1.82) is 0 Å². The van der Waals surface area contributed by atoms with E-state index in [2.05, 4.69) is 0 Å². The summed E-state index contributed by atoms with van der Waals surface area (Å²) in [7, 11) is 0. The van der Waals surface area contributed by atoms with Crippen molar-refractivity contribution < 1.29 is 29.7 Å². The molecule has 0 amide bonds. The van der Waals surface area contributed by atoms with Gasteiger partial charge in [0.15, 0.2) is 0 Å². The van der Waals surface area contributed by atoms with E-state index in [4.69, 9.17) is 29.7 Å². The molecule has 3 N–H and O–H groups in total. The minimum Gasteiger partial charge on any atom is -0.481 e. The van der Waals surface area contributed by atoms with E-state index < -0.39 is 17.9 Å². The van der Waals surface area contributed by atoms with Gasteiger partial charge in [0.2, 0.25) is 0 Å². The van der Waals surface area contributed by atoms with Crippen molar-refractivity contribution in [3.8, 4) is 0 Å². The van der Waals surface area contributed by atoms with Crippen LogP contribution in [0.2, 0.25) is 0 Å². The summed E-state index contributed by atoms with van der Waals surface area (Å²) in [6.07, 6.45) is 0. The molecule has 0 aromatic heterocycles. The highest BCUT2D eigenvalue weighted by Gasteiger charge is 1.66. The first-order chi connectivity index (χ1) is 9.20. The number of hydrogen-bond acceptors (Lipinski definition) is 3. The molecule has 0 fully saturated rings. The van der Waals surface area contributed by atoms with Crippen LogP contribution in [0.25, 0.3) is 0 Å². The molecule has 0 aromatic carbocycles. The van der Waals surface area contributed by atoms with E-state index >= 15 is 0 Å². The maximum atomic E-state index is 9.00. The molecule has 0 rings (SSSR count). The fourth-order valence-corrected chi connectivity index (χ4v) is 0. The number of aliphatic carboxylic acids is 3. The van der Waals surface area contributed by atoms with Crippen molar-refractivity contribution in [3.63, 3.8) is 0 Å². The molecule has 0 saturated heterocycles. The number of carboxylic acid groups (broad SMARTS) is 3. The van der Waals surface area contributed by atoms with Crippen LogP contribution in [0.1, 0.15) is 76.2 Å². The molecule has 0 aromatic rings. The first-order valence-corrected chi connectivity index (χ1v) is 6.78. The van der Waals surface area contributed by atoms with Crippen molar-refractivity contribution in [2.24, 2.45) is 0 Å². The zero-order chi connectivity index (χ0) is 18.7. The van der Waals surface area contributed by atoms with E-state index in [1.807, 2.05) is 55.4 Å². The minimum atomic E-state index is -0.833. The first-order valence-electron chi connectivity index (χ1n) is 6.78. The van der Waals surface area contributed by atoms with Gasteiger partial charge in [-0.15, -0.1) is 0 Å². The van der Waals surface area contributed by atoms with Crippen molar-refractivity contribution in [1.82, 2.24) is 0 Å². The summed E-state index contributed by atoms with van der Waals surface area (Å²) in [6.45, 7) is 19.2. The monoisotopic (exact) mass is 300 g/mol. The molecule has 0 radical (unpaired) electrons. The quantitative estimate of drug-likeness (QED) is 0.612. The fourth-order valence-electron chi connectivity index (χ4n) is 0. The Morgan fingerprint density at radius 3 is 0.450 bits per heavy atom. The number of carbonyl (C=O) groups is 3. The average Bonchev–Trinajstić information content (AvgIpc) is 2.36. The standard InChI is InChI=1S/3C2H4O2.4C2H6/c3*1-2(3)4;4*1-2/h3*1H3,(H,3,4);4*1-2H3. The maximum absolute atomic E-state index is 9.00. The van der Waals surface area contributed by atoms with Crippen LogP contribution in [0.4, 0.5) is 0 Å².